The second kappa shape index (κ2) is 6.62. The van der Waals surface area contributed by atoms with Crippen molar-refractivity contribution in [1.82, 2.24) is 0 Å². The van der Waals surface area contributed by atoms with Gasteiger partial charge in [-0.1, -0.05) is 18.2 Å². The Morgan fingerprint density at radius 3 is 1.96 bits per heavy atom. The normalized spacial score (nSPS) is 10.9. The summed E-state index contributed by atoms with van der Waals surface area (Å²) in [6, 6.07) is 13.3. The van der Waals surface area contributed by atoms with E-state index in [2.05, 4.69) is 0 Å². The van der Waals surface area contributed by atoms with Crippen molar-refractivity contribution >= 4 is 27.6 Å². The highest BCUT2D eigenvalue weighted by atomic mass is 32.2. The number of ether oxygens (including phenoxy) is 1. The van der Waals surface area contributed by atoms with Gasteiger partial charge in [0.15, 0.2) is 0 Å². The van der Waals surface area contributed by atoms with Gasteiger partial charge in [-0.3, -0.25) is 9.59 Å². The Labute approximate surface area is 134 Å². The van der Waals surface area contributed by atoms with Crippen molar-refractivity contribution in [3.8, 4) is 5.75 Å². The first kappa shape index (κ1) is 16.7. The molecule has 0 N–H and O–H groups in total. The van der Waals surface area contributed by atoms with Gasteiger partial charge in [0.1, 0.15) is 5.75 Å². The lowest BCUT2D eigenvalue weighted by Crippen LogP contribution is -2.35. The van der Waals surface area contributed by atoms with Gasteiger partial charge in [0.25, 0.3) is 10.0 Å². The van der Waals surface area contributed by atoms with Gasteiger partial charge < -0.3 is 4.74 Å². The van der Waals surface area contributed by atoms with E-state index in [9.17, 15) is 18.0 Å². The summed E-state index contributed by atoms with van der Waals surface area (Å²) in [6.07, 6.45) is 0. The Kier molecular flexibility index (Phi) is 4.80. The molecule has 0 heterocycles. The van der Waals surface area contributed by atoms with Crippen LogP contribution in [-0.2, 0) is 19.6 Å². The second-order valence-electron chi connectivity index (χ2n) is 4.69. The molecule has 0 bridgehead atoms. The van der Waals surface area contributed by atoms with Crippen molar-refractivity contribution in [2.75, 3.05) is 4.31 Å². The molecule has 0 aliphatic heterocycles. The minimum atomic E-state index is -4.01. The summed E-state index contributed by atoms with van der Waals surface area (Å²) in [7, 11) is -4.01. The van der Waals surface area contributed by atoms with Crippen molar-refractivity contribution in [3.05, 3.63) is 54.6 Å². The molecule has 7 heteroatoms. The lowest BCUT2D eigenvalue weighted by Gasteiger charge is -2.21. The van der Waals surface area contributed by atoms with Crippen LogP contribution in [0.5, 0.6) is 5.75 Å². The maximum Gasteiger partial charge on any atom is 0.308 e. The number of carbonyl (C=O) groups is 2. The minimum Gasteiger partial charge on any atom is -0.427 e. The quantitative estimate of drug-likeness (QED) is 0.634. The smallest absolute Gasteiger partial charge is 0.308 e. The molecular weight excluding hydrogens is 318 g/mol. The molecule has 23 heavy (non-hydrogen) atoms. The van der Waals surface area contributed by atoms with Gasteiger partial charge in [-0.05, 0) is 36.4 Å². The maximum atomic E-state index is 12.7. The molecule has 0 radical (unpaired) electrons. The van der Waals surface area contributed by atoms with Crippen LogP contribution in [0.1, 0.15) is 13.8 Å². The Balaban J connectivity index is 2.43. The van der Waals surface area contributed by atoms with Crippen LogP contribution in [0.3, 0.4) is 0 Å². The zero-order valence-corrected chi connectivity index (χ0v) is 13.4. The Morgan fingerprint density at radius 2 is 1.48 bits per heavy atom. The molecule has 0 atom stereocenters. The van der Waals surface area contributed by atoms with Crippen LogP contribution in [0, 0.1) is 0 Å². The molecule has 0 aliphatic carbocycles. The van der Waals surface area contributed by atoms with E-state index in [0.29, 0.717) is 4.31 Å². The van der Waals surface area contributed by atoms with E-state index in [4.69, 9.17) is 4.74 Å². The van der Waals surface area contributed by atoms with Gasteiger partial charge in [0.05, 0.1) is 10.6 Å². The van der Waals surface area contributed by atoms with Crippen molar-refractivity contribution in [2.45, 2.75) is 18.7 Å². The fraction of sp³-hybridized carbons (Fsp3) is 0.125. The maximum absolute atomic E-state index is 12.7. The topological polar surface area (TPSA) is 80.8 Å². The Bertz CT molecular complexity index is 813. The van der Waals surface area contributed by atoms with E-state index >= 15 is 0 Å². The summed E-state index contributed by atoms with van der Waals surface area (Å²) in [5.74, 6) is -0.867. The van der Waals surface area contributed by atoms with Crippen molar-refractivity contribution in [2.24, 2.45) is 0 Å². The standard InChI is InChI=1S/C16H15NO5S/c1-12(18)17(23(20,21)16-6-4-3-5-7-16)14-8-10-15(11-9-14)22-13(2)19/h3-11H,1-2H3. The highest BCUT2D eigenvalue weighted by molar-refractivity contribution is 7.93. The first-order valence-electron chi connectivity index (χ1n) is 6.72. The van der Waals surface area contributed by atoms with Gasteiger partial charge in [-0.2, -0.15) is 0 Å². The predicted molar refractivity (Wildman–Crippen MR) is 84.5 cm³/mol. The molecule has 0 aliphatic rings. The van der Waals surface area contributed by atoms with Crippen LogP contribution >= 0.6 is 0 Å². The molecule has 0 spiro atoms. The first-order valence-corrected chi connectivity index (χ1v) is 8.16. The summed E-state index contributed by atoms with van der Waals surface area (Å²) < 4.78 is 30.9. The zero-order valence-electron chi connectivity index (χ0n) is 12.6. The summed E-state index contributed by atoms with van der Waals surface area (Å²) in [4.78, 5) is 22.8. The van der Waals surface area contributed by atoms with E-state index in [1.807, 2.05) is 0 Å². The van der Waals surface area contributed by atoms with Gasteiger partial charge in [0.2, 0.25) is 5.91 Å². The first-order chi connectivity index (χ1) is 10.8. The monoisotopic (exact) mass is 333 g/mol. The Hall–Kier alpha value is -2.67. The highest BCUT2D eigenvalue weighted by Gasteiger charge is 2.28. The van der Waals surface area contributed by atoms with Crippen molar-refractivity contribution in [3.63, 3.8) is 0 Å². The largest absolute Gasteiger partial charge is 0.427 e. The average Bonchev–Trinajstić information content (AvgIpc) is 2.49. The molecule has 0 fully saturated rings. The van der Waals surface area contributed by atoms with Crippen LogP contribution in [-0.4, -0.2) is 20.3 Å². The van der Waals surface area contributed by atoms with Crippen LogP contribution in [0.25, 0.3) is 0 Å². The molecule has 1 amide bonds. The minimum absolute atomic E-state index is 0.0132. The molecule has 0 saturated carbocycles. The lowest BCUT2D eigenvalue weighted by molar-refractivity contribution is -0.131. The van der Waals surface area contributed by atoms with Gasteiger partial charge >= 0.3 is 5.97 Å². The van der Waals surface area contributed by atoms with Crippen LogP contribution < -0.4 is 9.04 Å². The third-order valence-corrected chi connectivity index (χ3v) is 4.72. The predicted octanol–water partition coefficient (Wildman–Crippen LogP) is 2.35. The molecule has 0 unspecified atom stereocenters. The van der Waals surface area contributed by atoms with Crippen molar-refractivity contribution < 1.29 is 22.7 Å². The van der Waals surface area contributed by atoms with E-state index in [1.54, 1.807) is 18.2 Å². The van der Waals surface area contributed by atoms with E-state index in [-0.39, 0.29) is 16.3 Å². The van der Waals surface area contributed by atoms with Crippen LogP contribution in [0.15, 0.2) is 59.5 Å². The summed E-state index contributed by atoms with van der Waals surface area (Å²) in [6.45, 7) is 2.43. The molecule has 0 aromatic heterocycles. The molecule has 6 nitrogen and oxygen atoms in total. The molecule has 2 rings (SSSR count). The number of sulfonamides is 1. The average molecular weight is 333 g/mol. The number of hydrogen-bond acceptors (Lipinski definition) is 5. The molecule has 2 aromatic rings. The van der Waals surface area contributed by atoms with E-state index in [0.717, 1.165) is 0 Å². The SMILES string of the molecule is CC(=O)Oc1ccc(N(C(C)=O)S(=O)(=O)c2ccccc2)cc1. The van der Waals surface area contributed by atoms with Crippen LogP contribution in [0.4, 0.5) is 5.69 Å². The highest BCUT2D eigenvalue weighted by Crippen LogP contribution is 2.26. The van der Waals surface area contributed by atoms with E-state index < -0.39 is 21.9 Å². The summed E-state index contributed by atoms with van der Waals surface area (Å²) in [5.41, 5.74) is 0.164. The third-order valence-electron chi connectivity index (χ3n) is 2.90. The summed E-state index contributed by atoms with van der Waals surface area (Å²) >= 11 is 0. The number of anilines is 1. The fourth-order valence-electron chi connectivity index (χ4n) is 2.00. The third kappa shape index (κ3) is 3.75. The number of carbonyl (C=O) groups excluding carboxylic acids is 2. The number of rotatable bonds is 4. The molecule has 2 aromatic carbocycles. The lowest BCUT2D eigenvalue weighted by atomic mass is 10.3. The summed E-state index contributed by atoms with van der Waals surface area (Å²) in [5, 5.41) is 0. The number of amides is 1. The fourth-order valence-corrected chi connectivity index (χ4v) is 3.45. The van der Waals surface area contributed by atoms with Crippen molar-refractivity contribution in [1.29, 1.82) is 0 Å². The van der Waals surface area contributed by atoms with Gasteiger partial charge in [-0.15, -0.1) is 0 Å². The zero-order chi connectivity index (χ0) is 17.0. The van der Waals surface area contributed by atoms with Crippen LogP contribution in [0.2, 0.25) is 0 Å². The number of esters is 1. The number of benzene rings is 2. The van der Waals surface area contributed by atoms with Gasteiger partial charge in [0, 0.05) is 13.8 Å². The second-order valence-corrected chi connectivity index (χ2v) is 6.48. The molecule has 120 valence electrons. The molecular formula is C16H15NO5S. The Morgan fingerprint density at radius 1 is 0.913 bits per heavy atom. The number of nitrogens with zero attached hydrogens (tertiary/aromatic N) is 1. The number of hydrogen-bond donors (Lipinski definition) is 0. The molecule has 0 saturated heterocycles. The van der Waals surface area contributed by atoms with Gasteiger partial charge in [-0.25, -0.2) is 12.7 Å². The van der Waals surface area contributed by atoms with E-state index in [1.165, 1.54) is 50.2 Å².